The fourth-order valence-electron chi connectivity index (χ4n) is 3.55. The Labute approximate surface area is 186 Å². The van der Waals surface area contributed by atoms with Crippen LogP contribution in [-0.2, 0) is 14.3 Å². The Kier molecular flexibility index (Phi) is 5.67. The lowest BCUT2D eigenvalue weighted by molar-refractivity contribution is -0.136. The third-order valence-corrected chi connectivity index (χ3v) is 5.90. The Balaban J connectivity index is 1.91. The summed E-state index contributed by atoms with van der Waals surface area (Å²) in [5.74, 6) is 0.640. The maximum Gasteiger partial charge on any atom is 0.338 e. The summed E-state index contributed by atoms with van der Waals surface area (Å²) in [4.78, 5) is 42.2. The highest BCUT2D eigenvalue weighted by Crippen LogP contribution is 2.31. The monoisotopic (exact) mass is 452 g/mol. The van der Waals surface area contributed by atoms with Gasteiger partial charge in [0.15, 0.2) is 4.80 Å². The van der Waals surface area contributed by atoms with Gasteiger partial charge in [0.1, 0.15) is 17.3 Å². The molecule has 0 amide bonds. The number of nitrogens with zero attached hydrogens (tertiary/aromatic N) is 2. The number of methoxy groups -OCH3 is 1. The summed E-state index contributed by atoms with van der Waals surface area (Å²) in [5.41, 5.74) is 1.08. The summed E-state index contributed by atoms with van der Waals surface area (Å²) in [6, 6.07) is 9.49. The molecule has 8 nitrogen and oxygen atoms in total. The van der Waals surface area contributed by atoms with Crippen molar-refractivity contribution in [2.45, 2.75) is 26.8 Å². The highest BCUT2D eigenvalue weighted by molar-refractivity contribution is 7.07. The first kappa shape index (κ1) is 21.5. The zero-order valence-electron chi connectivity index (χ0n) is 17.9. The lowest BCUT2D eigenvalue weighted by Gasteiger charge is -2.24. The van der Waals surface area contributed by atoms with Crippen molar-refractivity contribution in [3.05, 3.63) is 84.4 Å². The Morgan fingerprint density at radius 2 is 1.88 bits per heavy atom. The smallest absolute Gasteiger partial charge is 0.338 e. The molecule has 2 aromatic heterocycles. The van der Waals surface area contributed by atoms with Crippen LogP contribution in [0.15, 0.2) is 61.9 Å². The first-order chi connectivity index (χ1) is 15.3. The van der Waals surface area contributed by atoms with Gasteiger partial charge in [-0.2, -0.15) is 0 Å². The Morgan fingerprint density at radius 1 is 1.16 bits per heavy atom. The van der Waals surface area contributed by atoms with E-state index >= 15 is 0 Å². The molecule has 0 radical (unpaired) electrons. The van der Waals surface area contributed by atoms with Crippen LogP contribution < -0.4 is 19.6 Å². The molecule has 0 spiro atoms. The summed E-state index contributed by atoms with van der Waals surface area (Å²) in [5, 5.41) is 0. The van der Waals surface area contributed by atoms with E-state index in [4.69, 9.17) is 13.9 Å². The number of aromatic nitrogens is 1. The van der Waals surface area contributed by atoms with Crippen molar-refractivity contribution in [3.8, 4) is 5.75 Å². The van der Waals surface area contributed by atoms with Gasteiger partial charge in [-0.15, -0.1) is 0 Å². The molecule has 0 saturated carbocycles. The molecule has 32 heavy (non-hydrogen) atoms. The highest BCUT2D eigenvalue weighted by atomic mass is 32.1. The van der Waals surface area contributed by atoms with Gasteiger partial charge in [0, 0.05) is 13.0 Å². The van der Waals surface area contributed by atoms with E-state index in [1.807, 2.05) is 13.0 Å². The van der Waals surface area contributed by atoms with Crippen molar-refractivity contribution < 1.29 is 23.5 Å². The summed E-state index contributed by atoms with van der Waals surface area (Å²) < 4.78 is 17.6. The van der Waals surface area contributed by atoms with E-state index in [-0.39, 0.29) is 11.1 Å². The summed E-state index contributed by atoms with van der Waals surface area (Å²) in [6.07, 6.45) is 1.66. The molecule has 3 heterocycles. The standard InChI is InChI=1S/C23H20N2O6S/c1-12-5-8-17(30-12)11-18-21(27)25-20(15-6-9-16(10-7-15)31-14(3)26)19(22(28)29-4)13(2)24-23(25)32-18/h5-11,20H,1-4H3. The zero-order chi connectivity index (χ0) is 23.0. The number of furan rings is 1. The molecule has 1 unspecified atom stereocenters. The predicted molar refractivity (Wildman–Crippen MR) is 117 cm³/mol. The molecule has 4 rings (SSSR count). The van der Waals surface area contributed by atoms with Gasteiger partial charge >= 0.3 is 11.9 Å². The SMILES string of the molecule is COC(=O)C1=C(C)N=c2sc(=Cc3ccc(C)o3)c(=O)n2C1c1ccc(OC(C)=O)cc1. The molecule has 3 aromatic rings. The number of aryl methyl sites for hydroxylation is 1. The van der Waals surface area contributed by atoms with Gasteiger partial charge in [-0.3, -0.25) is 14.2 Å². The lowest BCUT2D eigenvalue weighted by atomic mass is 9.96. The number of fused-ring (bicyclic) bond motifs is 1. The average Bonchev–Trinajstić information content (AvgIpc) is 3.29. The van der Waals surface area contributed by atoms with Crippen molar-refractivity contribution in [2.75, 3.05) is 7.11 Å². The van der Waals surface area contributed by atoms with Crippen LogP contribution in [0.3, 0.4) is 0 Å². The number of hydrogen-bond donors (Lipinski definition) is 0. The molecule has 1 aliphatic heterocycles. The second-order valence-corrected chi connectivity index (χ2v) is 8.19. The van der Waals surface area contributed by atoms with Crippen molar-refractivity contribution in [1.29, 1.82) is 0 Å². The van der Waals surface area contributed by atoms with Gasteiger partial charge in [-0.25, -0.2) is 9.79 Å². The van der Waals surface area contributed by atoms with E-state index in [1.165, 1.54) is 29.9 Å². The van der Waals surface area contributed by atoms with Crippen molar-refractivity contribution in [3.63, 3.8) is 0 Å². The normalized spacial score (nSPS) is 15.9. The minimum atomic E-state index is -0.745. The maximum atomic E-state index is 13.4. The van der Waals surface area contributed by atoms with Gasteiger partial charge in [0.05, 0.1) is 29.0 Å². The van der Waals surface area contributed by atoms with Gasteiger partial charge in [0.25, 0.3) is 5.56 Å². The molecule has 164 valence electrons. The van der Waals surface area contributed by atoms with Crippen molar-refractivity contribution in [1.82, 2.24) is 4.57 Å². The lowest BCUT2D eigenvalue weighted by Crippen LogP contribution is -2.39. The van der Waals surface area contributed by atoms with E-state index < -0.39 is 18.0 Å². The van der Waals surface area contributed by atoms with Crippen molar-refractivity contribution in [2.24, 2.45) is 4.99 Å². The second kappa shape index (κ2) is 8.43. The Morgan fingerprint density at radius 3 is 2.47 bits per heavy atom. The number of thiazole rings is 1. The molecule has 0 saturated heterocycles. The first-order valence-corrected chi connectivity index (χ1v) is 10.6. The molecule has 1 aliphatic rings. The molecule has 9 heteroatoms. The number of esters is 2. The van der Waals surface area contributed by atoms with Crippen molar-refractivity contribution >= 4 is 29.4 Å². The van der Waals surface area contributed by atoms with Crippen LogP contribution in [0.4, 0.5) is 0 Å². The number of carbonyl (C=O) groups is 2. The molecular formula is C23H20N2O6S. The van der Waals surface area contributed by atoms with E-state index in [2.05, 4.69) is 4.99 Å². The van der Waals surface area contributed by atoms with Crippen LogP contribution in [0.5, 0.6) is 5.75 Å². The largest absolute Gasteiger partial charge is 0.466 e. The fraction of sp³-hybridized carbons (Fsp3) is 0.217. The minimum Gasteiger partial charge on any atom is -0.466 e. The van der Waals surface area contributed by atoms with Gasteiger partial charge in [-0.1, -0.05) is 23.5 Å². The van der Waals surface area contributed by atoms with Crippen LogP contribution in [0, 0.1) is 6.92 Å². The third kappa shape index (κ3) is 3.94. The van der Waals surface area contributed by atoms with Crippen LogP contribution in [0.2, 0.25) is 0 Å². The molecule has 1 atom stereocenters. The first-order valence-electron chi connectivity index (χ1n) is 9.74. The number of ether oxygens (including phenoxy) is 2. The minimum absolute atomic E-state index is 0.264. The van der Waals surface area contributed by atoms with E-state index in [1.54, 1.807) is 43.3 Å². The van der Waals surface area contributed by atoms with Crippen LogP contribution in [0.25, 0.3) is 6.08 Å². The van der Waals surface area contributed by atoms with E-state index in [0.29, 0.717) is 32.1 Å². The number of rotatable bonds is 4. The molecular weight excluding hydrogens is 432 g/mol. The number of benzene rings is 1. The van der Waals surface area contributed by atoms with Gasteiger partial charge in [-0.05, 0) is 43.7 Å². The maximum absolute atomic E-state index is 13.4. The zero-order valence-corrected chi connectivity index (χ0v) is 18.7. The average molecular weight is 452 g/mol. The van der Waals surface area contributed by atoms with E-state index in [9.17, 15) is 14.4 Å². The molecule has 0 fully saturated rings. The van der Waals surface area contributed by atoms with E-state index in [0.717, 1.165) is 5.76 Å². The topological polar surface area (TPSA) is 100 Å². The summed E-state index contributed by atoms with van der Waals surface area (Å²) in [7, 11) is 1.29. The molecule has 0 N–H and O–H groups in total. The quantitative estimate of drug-likeness (QED) is 0.445. The van der Waals surface area contributed by atoms with Gasteiger partial charge < -0.3 is 13.9 Å². The molecule has 0 aliphatic carbocycles. The molecule has 0 bridgehead atoms. The van der Waals surface area contributed by atoms with Gasteiger partial charge in [0.2, 0.25) is 0 Å². The second-order valence-electron chi connectivity index (χ2n) is 7.18. The number of carbonyl (C=O) groups excluding carboxylic acids is 2. The molecule has 1 aromatic carbocycles. The van der Waals surface area contributed by atoms with Crippen LogP contribution in [-0.4, -0.2) is 23.6 Å². The Hall–Kier alpha value is -3.72. The number of allylic oxidation sites excluding steroid dienone is 1. The van der Waals surface area contributed by atoms with Crippen LogP contribution in [0.1, 0.15) is 37.0 Å². The number of hydrogen-bond acceptors (Lipinski definition) is 8. The fourth-order valence-corrected chi connectivity index (χ4v) is 4.58. The van der Waals surface area contributed by atoms with Crippen LogP contribution >= 0.6 is 11.3 Å². The Bertz CT molecular complexity index is 1420. The predicted octanol–water partition coefficient (Wildman–Crippen LogP) is 2.23. The summed E-state index contributed by atoms with van der Waals surface area (Å²) >= 11 is 1.21. The third-order valence-electron chi connectivity index (χ3n) is 4.92. The highest BCUT2D eigenvalue weighted by Gasteiger charge is 2.33. The summed E-state index contributed by atoms with van der Waals surface area (Å²) in [6.45, 7) is 4.84.